The average Bonchev–Trinajstić information content (AvgIpc) is 3.07. The second kappa shape index (κ2) is 8.03. The minimum absolute atomic E-state index is 0.0467. The molecule has 1 aromatic carbocycles. The van der Waals surface area contributed by atoms with E-state index in [2.05, 4.69) is 15.4 Å². The smallest absolute Gasteiger partial charge is 0.255 e. The second-order valence-electron chi connectivity index (χ2n) is 7.67. The molecule has 0 bridgehead atoms. The van der Waals surface area contributed by atoms with Gasteiger partial charge < -0.3 is 10.2 Å². The summed E-state index contributed by atoms with van der Waals surface area (Å²) in [5, 5.41) is 8.05. The van der Waals surface area contributed by atoms with E-state index in [0.29, 0.717) is 11.3 Å². The van der Waals surface area contributed by atoms with Gasteiger partial charge in [0.15, 0.2) is 5.65 Å². The van der Waals surface area contributed by atoms with Gasteiger partial charge in [0.05, 0.1) is 24.0 Å². The number of aryl methyl sites for hydroxylation is 2. The summed E-state index contributed by atoms with van der Waals surface area (Å²) in [7, 11) is 1.62. The van der Waals surface area contributed by atoms with E-state index >= 15 is 0 Å². The molecule has 0 spiro atoms. The molecule has 0 fully saturated rings. The van der Waals surface area contributed by atoms with Crippen LogP contribution in [0.3, 0.4) is 0 Å². The van der Waals surface area contributed by atoms with Crippen LogP contribution in [0.1, 0.15) is 47.1 Å². The number of hydrogen-bond acceptors (Lipinski definition) is 4. The van der Waals surface area contributed by atoms with Gasteiger partial charge in [-0.15, -0.1) is 0 Å². The highest BCUT2D eigenvalue weighted by Crippen LogP contribution is 2.21. The number of amides is 2. The number of hydrogen-bond donors (Lipinski definition) is 1. The highest BCUT2D eigenvalue weighted by Gasteiger charge is 2.20. The Labute approximate surface area is 170 Å². The first kappa shape index (κ1) is 20.5. The van der Waals surface area contributed by atoms with Crippen LogP contribution in [0, 0.1) is 20.8 Å². The molecule has 0 aliphatic heterocycles. The molecule has 2 heterocycles. The fourth-order valence-corrected chi connectivity index (χ4v) is 3.23. The summed E-state index contributed by atoms with van der Waals surface area (Å²) in [6.07, 6.45) is 1.71. The Morgan fingerprint density at radius 3 is 2.62 bits per heavy atom. The third-order valence-corrected chi connectivity index (χ3v) is 5.09. The van der Waals surface area contributed by atoms with Crippen molar-refractivity contribution in [1.82, 2.24) is 19.7 Å². The van der Waals surface area contributed by atoms with Crippen LogP contribution in [0.4, 0.5) is 5.69 Å². The van der Waals surface area contributed by atoms with E-state index in [1.807, 2.05) is 50.6 Å². The molecule has 0 aliphatic rings. The first-order valence-corrected chi connectivity index (χ1v) is 9.65. The maximum atomic E-state index is 12.9. The molecule has 0 aliphatic carbocycles. The van der Waals surface area contributed by atoms with E-state index in [-0.39, 0.29) is 24.4 Å². The van der Waals surface area contributed by atoms with E-state index in [4.69, 9.17) is 0 Å². The molecular formula is C22H27N5O2. The minimum atomic E-state index is -0.245. The number of nitrogens with one attached hydrogen (secondary N) is 1. The van der Waals surface area contributed by atoms with Crippen molar-refractivity contribution in [2.45, 2.75) is 40.7 Å². The van der Waals surface area contributed by atoms with Gasteiger partial charge in [-0.3, -0.25) is 9.59 Å². The summed E-state index contributed by atoms with van der Waals surface area (Å²) in [6.45, 7) is 9.77. The molecule has 2 amide bonds. The van der Waals surface area contributed by atoms with E-state index < -0.39 is 0 Å². The summed E-state index contributed by atoms with van der Waals surface area (Å²) in [5.74, 6) is -0.487. The molecule has 0 saturated heterocycles. The molecule has 152 valence electrons. The SMILES string of the molecule is Cc1cccc(NC(=O)CN(C)C(=O)c2cc3cnn(C(C)C)c3nc2C)c1C. The van der Waals surface area contributed by atoms with Gasteiger partial charge in [-0.25, -0.2) is 9.67 Å². The van der Waals surface area contributed by atoms with E-state index in [1.165, 1.54) is 4.90 Å². The number of rotatable bonds is 5. The van der Waals surface area contributed by atoms with Crippen molar-refractivity contribution in [3.05, 3.63) is 52.8 Å². The number of carbonyl (C=O) groups is 2. The molecular weight excluding hydrogens is 366 g/mol. The number of nitrogens with zero attached hydrogens (tertiary/aromatic N) is 4. The predicted octanol–water partition coefficient (Wildman–Crippen LogP) is 3.65. The van der Waals surface area contributed by atoms with Crippen molar-refractivity contribution in [3.63, 3.8) is 0 Å². The van der Waals surface area contributed by atoms with Gasteiger partial charge >= 0.3 is 0 Å². The number of likely N-dealkylation sites (N-methyl/N-ethyl adjacent to an activating group) is 1. The van der Waals surface area contributed by atoms with Gasteiger partial charge in [0.2, 0.25) is 5.91 Å². The molecule has 3 rings (SSSR count). The van der Waals surface area contributed by atoms with E-state index in [1.54, 1.807) is 26.2 Å². The van der Waals surface area contributed by atoms with Crippen LogP contribution in [-0.4, -0.2) is 45.1 Å². The van der Waals surface area contributed by atoms with Gasteiger partial charge in [0, 0.05) is 24.2 Å². The van der Waals surface area contributed by atoms with Crippen molar-refractivity contribution in [2.24, 2.45) is 0 Å². The van der Waals surface area contributed by atoms with Crippen molar-refractivity contribution < 1.29 is 9.59 Å². The molecule has 0 radical (unpaired) electrons. The average molecular weight is 393 g/mol. The first-order chi connectivity index (χ1) is 13.7. The summed E-state index contributed by atoms with van der Waals surface area (Å²) in [6, 6.07) is 7.72. The van der Waals surface area contributed by atoms with E-state index in [0.717, 1.165) is 27.8 Å². The van der Waals surface area contributed by atoms with Crippen LogP contribution in [0.25, 0.3) is 11.0 Å². The maximum Gasteiger partial charge on any atom is 0.255 e. The molecule has 0 atom stereocenters. The summed E-state index contributed by atoms with van der Waals surface area (Å²) < 4.78 is 1.83. The monoisotopic (exact) mass is 393 g/mol. The van der Waals surface area contributed by atoms with Crippen molar-refractivity contribution in [2.75, 3.05) is 18.9 Å². The standard InChI is InChI=1S/C22H27N5O2/c1-13(2)27-21-17(11-23-27)10-18(16(5)24-21)22(29)26(6)12-20(28)25-19-9-7-8-14(3)15(19)4/h7-11,13H,12H2,1-6H3,(H,25,28). The van der Waals surface area contributed by atoms with Crippen molar-refractivity contribution >= 4 is 28.5 Å². The Hall–Kier alpha value is -3.22. The van der Waals surface area contributed by atoms with Crippen molar-refractivity contribution in [1.29, 1.82) is 0 Å². The summed E-state index contributed by atoms with van der Waals surface area (Å²) >= 11 is 0. The first-order valence-electron chi connectivity index (χ1n) is 9.65. The molecule has 0 saturated carbocycles. The number of anilines is 1. The van der Waals surface area contributed by atoms with Crippen LogP contribution in [0.5, 0.6) is 0 Å². The van der Waals surface area contributed by atoms with Gasteiger partial charge in [-0.05, 0) is 57.9 Å². The Morgan fingerprint density at radius 2 is 1.93 bits per heavy atom. The fourth-order valence-electron chi connectivity index (χ4n) is 3.23. The Kier molecular flexibility index (Phi) is 5.68. The van der Waals surface area contributed by atoms with Gasteiger partial charge in [0.1, 0.15) is 0 Å². The zero-order valence-electron chi connectivity index (χ0n) is 17.8. The van der Waals surface area contributed by atoms with Crippen LogP contribution in [-0.2, 0) is 4.79 Å². The minimum Gasteiger partial charge on any atom is -0.332 e. The van der Waals surface area contributed by atoms with Crippen LogP contribution >= 0.6 is 0 Å². The fraction of sp³-hybridized carbons (Fsp3) is 0.364. The lowest BCUT2D eigenvalue weighted by molar-refractivity contribution is -0.116. The number of fused-ring (bicyclic) bond motifs is 1. The molecule has 7 nitrogen and oxygen atoms in total. The third-order valence-electron chi connectivity index (χ3n) is 5.09. The molecule has 0 unspecified atom stereocenters. The van der Waals surface area contributed by atoms with Gasteiger partial charge in [-0.2, -0.15) is 5.10 Å². The Balaban J connectivity index is 1.76. The van der Waals surface area contributed by atoms with Crippen molar-refractivity contribution in [3.8, 4) is 0 Å². The maximum absolute atomic E-state index is 12.9. The molecule has 2 aromatic heterocycles. The normalized spacial score (nSPS) is 11.1. The summed E-state index contributed by atoms with van der Waals surface area (Å²) in [5.41, 5.74) is 4.72. The quantitative estimate of drug-likeness (QED) is 0.718. The second-order valence-corrected chi connectivity index (χ2v) is 7.67. The van der Waals surface area contributed by atoms with Gasteiger partial charge in [-0.1, -0.05) is 12.1 Å². The Bertz CT molecular complexity index is 1080. The highest BCUT2D eigenvalue weighted by atomic mass is 16.2. The van der Waals surface area contributed by atoms with E-state index in [9.17, 15) is 9.59 Å². The molecule has 29 heavy (non-hydrogen) atoms. The molecule has 7 heteroatoms. The highest BCUT2D eigenvalue weighted by molar-refractivity contribution is 6.01. The van der Waals surface area contributed by atoms with Crippen LogP contribution < -0.4 is 5.32 Å². The number of benzene rings is 1. The summed E-state index contributed by atoms with van der Waals surface area (Å²) in [4.78, 5) is 31.4. The third kappa shape index (κ3) is 4.13. The predicted molar refractivity (Wildman–Crippen MR) is 114 cm³/mol. The lowest BCUT2D eigenvalue weighted by Gasteiger charge is -2.19. The lowest BCUT2D eigenvalue weighted by Crippen LogP contribution is -2.35. The lowest BCUT2D eigenvalue weighted by atomic mass is 10.1. The largest absolute Gasteiger partial charge is 0.332 e. The number of pyridine rings is 1. The molecule has 3 aromatic rings. The number of carbonyl (C=O) groups excluding carboxylic acids is 2. The van der Waals surface area contributed by atoms with Crippen LogP contribution in [0.15, 0.2) is 30.5 Å². The zero-order chi connectivity index (χ0) is 21.3. The Morgan fingerprint density at radius 1 is 1.21 bits per heavy atom. The molecule has 1 N–H and O–H groups in total. The van der Waals surface area contributed by atoms with Gasteiger partial charge in [0.25, 0.3) is 5.91 Å². The topological polar surface area (TPSA) is 80.1 Å². The number of aromatic nitrogens is 3. The zero-order valence-corrected chi connectivity index (χ0v) is 17.8. The van der Waals surface area contributed by atoms with Crippen LogP contribution in [0.2, 0.25) is 0 Å².